The lowest BCUT2D eigenvalue weighted by molar-refractivity contribution is 0.652. The fourth-order valence-electron chi connectivity index (χ4n) is 12.4. The summed E-state index contributed by atoms with van der Waals surface area (Å²) in [6.45, 7) is 0. The lowest BCUT2D eigenvalue weighted by atomic mass is 9.90. The zero-order chi connectivity index (χ0) is 47.0. The quantitative estimate of drug-likeness (QED) is 0.152. The van der Waals surface area contributed by atoms with Gasteiger partial charge in [0.2, 0.25) is 0 Å². The number of rotatable bonds is 5. The van der Waals surface area contributed by atoms with Gasteiger partial charge in [-0.25, -0.2) is 0 Å². The number of thiophene rings is 2. The third-order valence-electron chi connectivity index (χ3n) is 15.8. The van der Waals surface area contributed by atoms with Gasteiger partial charge in [0, 0.05) is 79.7 Å². The predicted octanol–water partition coefficient (Wildman–Crippen LogP) is 15.3. The number of fused-ring (bicyclic) bond motifs is 14. The minimum atomic E-state index is 0.190. The Balaban J connectivity index is 0.895. The zero-order valence-corrected chi connectivity index (χ0v) is 40.7. The molecular formula is C68H42N2S2. The summed E-state index contributed by atoms with van der Waals surface area (Å²) >= 11 is 3.76. The van der Waals surface area contributed by atoms with E-state index in [9.17, 15) is 0 Å². The van der Waals surface area contributed by atoms with E-state index in [4.69, 9.17) is 0 Å². The molecule has 9 aromatic carbocycles. The van der Waals surface area contributed by atoms with Crippen molar-refractivity contribution in [1.29, 1.82) is 0 Å². The van der Waals surface area contributed by atoms with Gasteiger partial charge < -0.3 is 9.13 Å². The summed E-state index contributed by atoms with van der Waals surface area (Å²) in [5, 5.41) is 15.5. The molecule has 4 aromatic heterocycles. The van der Waals surface area contributed by atoms with Crippen LogP contribution in [0.1, 0.15) is 46.4 Å². The highest BCUT2D eigenvalue weighted by Crippen LogP contribution is 2.44. The van der Waals surface area contributed by atoms with Crippen LogP contribution in [0.15, 0.2) is 200 Å². The molecule has 336 valence electrons. The topological polar surface area (TPSA) is 9.86 Å². The summed E-state index contributed by atoms with van der Waals surface area (Å²) in [5.74, 6) is 0.190. The van der Waals surface area contributed by atoms with Gasteiger partial charge in [-0.1, -0.05) is 163 Å². The molecular weight excluding hydrogens is 909 g/mol. The maximum atomic E-state index is 3.57. The summed E-state index contributed by atoms with van der Waals surface area (Å²) in [5.41, 5.74) is 19.2. The third kappa shape index (κ3) is 6.02. The number of benzene rings is 9. The van der Waals surface area contributed by atoms with Crippen LogP contribution < -0.4 is 21.0 Å². The lowest BCUT2D eigenvalue weighted by Gasteiger charge is -2.20. The van der Waals surface area contributed by atoms with Crippen molar-refractivity contribution >= 4 is 132 Å². The van der Waals surface area contributed by atoms with E-state index in [1.165, 1.54) is 122 Å². The molecule has 3 aliphatic rings. The highest BCUT2D eigenvalue weighted by atomic mass is 32.1. The minimum Gasteiger partial charge on any atom is -0.333 e. The van der Waals surface area contributed by atoms with E-state index in [0.717, 1.165) is 29.7 Å². The summed E-state index contributed by atoms with van der Waals surface area (Å²) in [6.07, 6.45) is 14.0. The molecule has 0 bridgehead atoms. The van der Waals surface area contributed by atoms with Gasteiger partial charge in [0.1, 0.15) is 0 Å². The van der Waals surface area contributed by atoms with E-state index >= 15 is 0 Å². The average Bonchev–Trinajstić information content (AvgIpc) is 4.20. The van der Waals surface area contributed by atoms with Gasteiger partial charge in [0.25, 0.3) is 0 Å². The van der Waals surface area contributed by atoms with E-state index in [1.807, 2.05) is 22.7 Å². The Hall–Kier alpha value is -8.46. The molecule has 0 amide bonds. The largest absolute Gasteiger partial charge is 0.333 e. The maximum Gasteiger partial charge on any atom is 0.0566 e. The van der Waals surface area contributed by atoms with Gasteiger partial charge in [0.05, 0.1) is 27.5 Å². The molecule has 0 spiro atoms. The molecule has 72 heavy (non-hydrogen) atoms. The van der Waals surface area contributed by atoms with Gasteiger partial charge >= 0.3 is 0 Å². The van der Waals surface area contributed by atoms with Crippen molar-refractivity contribution < 1.29 is 0 Å². The minimum absolute atomic E-state index is 0.190. The first-order chi connectivity index (χ1) is 35.7. The van der Waals surface area contributed by atoms with Gasteiger partial charge in [-0.2, -0.15) is 0 Å². The predicted molar refractivity (Wildman–Crippen MR) is 308 cm³/mol. The summed E-state index contributed by atoms with van der Waals surface area (Å²) in [7, 11) is 0. The average molecular weight is 951 g/mol. The van der Waals surface area contributed by atoms with Crippen LogP contribution in [0.3, 0.4) is 0 Å². The van der Waals surface area contributed by atoms with Crippen LogP contribution in [0.4, 0.5) is 0 Å². The van der Waals surface area contributed by atoms with Crippen molar-refractivity contribution in [3.63, 3.8) is 0 Å². The molecule has 0 aliphatic heterocycles. The second kappa shape index (κ2) is 15.5. The van der Waals surface area contributed by atoms with Gasteiger partial charge in [-0.05, 0) is 123 Å². The van der Waals surface area contributed by atoms with Crippen molar-refractivity contribution in [2.24, 2.45) is 0 Å². The Morgan fingerprint density at radius 1 is 0.500 bits per heavy atom. The van der Waals surface area contributed by atoms with Crippen molar-refractivity contribution in [1.82, 2.24) is 9.13 Å². The molecule has 2 unspecified atom stereocenters. The molecule has 0 fully saturated rings. The lowest BCUT2D eigenvalue weighted by Crippen LogP contribution is -2.36. The molecule has 2 nitrogen and oxygen atoms in total. The molecule has 0 saturated carbocycles. The number of nitrogens with zero attached hydrogens (tertiary/aromatic N) is 2. The van der Waals surface area contributed by atoms with E-state index in [-0.39, 0.29) is 12.0 Å². The van der Waals surface area contributed by atoms with Crippen molar-refractivity contribution in [3.8, 4) is 16.8 Å². The van der Waals surface area contributed by atoms with E-state index in [1.54, 1.807) is 0 Å². The third-order valence-corrected chi connectivity index (χ3v) is 18.2. The standard InChI is InChI=1S/C68H42N2S2/c1-3-13-43-35-49(29-23-41(43)11-1)69-61-31-25-45(37-57(61)59-39-47(27-33-63(59)69)51-17-9-19-55-53-15-5-7-21-65(53)71-67(51)55)46-26-32-62-58(38-46)60-40-48(52-18-10-20-56-54-16-6-8-22-66(54)72-68(52)56)28-34-64(60)70(62)50-30-24-42-12-2-4-14-44(42)36-50/h1-9,11-17,19-24,26-28,30-40,45,49H,25,29H2. The van der Waals surface area contributed by atoms with Crippen molar-refractivity contribution in [2.45, 2.75) is 24.8 Å². The molecule has 0 radical (unpaired) electrons. The van der Waals surface area contributed by atoms with Crippen LogP contribution in [-0.2, 0) is 0 Å². The Morgan fingerprint density at radius 2 is 1.24 bits per heavy atom. The molecule has 4 heteroatoms. The molecule has 13 aromatic rings. The normalized spacial score (nSPS) is 15.9. The molecule has 0 N–H and O–H groups in total. The van der Waals surface area contributed by atoms with Gasteiger partial charge in [-0.3, -0.25) is 0 Å². The second-order valence-corrected chi connectivity index (χ2v) is 21.8. The first-order valence-electron chi connectivity index (χ1n) is 25.0. The molecule has 2 atom stereocenters. The Bertz CT molecular complexity index is 4920. The van der Waals surface area contributed by atoms with Crippen molar-refractivity contribution in [2.75, 3.05) is 0 Å². The highest BCUT2D eigenvalue weighted by molar-refractivity contribution is 7.26. The number of hydrogen-bond acceptors (Lipinski definition) is 2. The van der Waals surface area contributed by atoms with Gasteiger partial charge in [-0.15, -0.1) is 22.7 Å². The molecule has 4 heterocycles. The van der Waals surface area contributed by atoms with Crippen LogP contribution in [-0.4, -0.2) is 9.13 Å². The first-order valence-corrected chi connectivity index (χ1v) is 26.7. The van der Waals surface area contributed by atoms with Crippen molar-refractivity contribution in [3.05, 3.63) is 242 Å². The second-order valence-electron chi connectivity index (χ2n) is 19.7. The highest BCUT2D eigenvalue weighted by Gasteiger charge is 2.24. The molecule has 16 rings (SSSR count). The van der Waals surface area contributed by atoms with E-state index in [2.05, 4.69) is 239 Å². The monoisotopic (exact) mass is 950 g/mol. The van der Waals surface area contributed by atoms with Crippen LogP contribution in [0.2, 0.25) is 0 Å². The summed E-state index contributed by atoms with van der Waals surface area (Å²) in [4.78, 5) is 1.26. The first kappa shape index (κ1) is 40.3. The zero-order valence-electron chi connectivity index (χ0n) is 39.1. The van der Waals surface area contributed by atoms with Crippen LogP contribution in [0, 0.1) is 0 Å². The fraction of sp³-hybridized carbons (Fsp3) is 0.0588. The van der Waals surface area contributed by atoms with E-state index in [0.29, 0.717) is 0 Å². The summed E-state index contributed by atoms with van der Waals surface area (Å²) < 4.78 is 9.08. The summed E-state index contributed by atoms with van der Waals surface area (Å²) in [6, 6.07) is 70.6. The van der Waals surface area contributed by atoms with Gasteiger partial charge in [0.15, 0.2) is 0 Å². The smallest absolute Gasteiger partial charge is 0.0566 e. The molecule has 3 aliphatic carbocycles. The number of aromatic nitrogens is 2. The maximum absolute atomic E-state index is 3.57. The van der Waals surface area contributed by atoms with E-state index < -0.39 is 0 Å². The number of hydrogen-bond donors (Lipinski definition) is 0. The Kier molecular flexibility index (Phi) is 8.68. The Morgan fingerprint density at radius 3 is 2.15 bits per heavy atom. The SMILES string of the molecule is C1=C=C(c2ccc3c(c2)c2cc(C4C=c5c(n(C6C=c7ccccc7=CC6)c6ccc(-c7cccc8c7sc7ccccc78)cc56)=CC4)ccc2n3-c2ccc3ccccc3c2)c2sc3ccccc3c2C=1. The van der Waals surface area contributed by atoms with Crippen LogP contribution >= 0.6 is 22.7 Å². The van der Waals surface area contributed by atoms with Crippen LogP contribution in [0.25, 0.3) is 127 Å². The fourth-order valence-corrected chi connectivity index (χ4v) is 14.8. The Labute approximate surface area is 422 Å². The van der Waals surface area contributed by atoms with Crippen LogP contribution in [0.5, 0.6) is 0 Å². The molecule has 0 saturated heterocycles.